The van der Waals surface area contributed by atoms with E-state index in [2.05, 4.69) is 19.9 Å². The van der Waals surface area contributed by atoms with Crippen LogP contribution in [0.25, 0.3) is 46.4 Å². The predicted octanol–water partition coefficient (Wildman–Crippen LogP) is 3.84. The minimum Gasteiger partial charge on any atom is -0.359 e. The maximum absolute atomic E-state index is 11.2. The van der Waals surface area contributed by atoms with Crippen molar-refractivity contribution >= 4 is 56.8 Å². The van der Waals surface area contributed by atoms with Crippen molar-refractivity contribution in [3.8, 4) is 5.75 Å². The molecule has 144 valence electrons. The quantitative estimate of drug-likeness (QED) is 0.383. The topological polar surface area (TPSA) is 121 Å². The lowest BCUT2D eigenvalue weighted by atomic mass is 10.3. The van der Waals surface area contributed by atoms with Crippen LogP contribution in [0.1, 0.15) is 22.8 Å². The molecule has 0 atom stereocenters. The number of hydrogen-bond donors (Lipinski definition) is 3. The average molecular weight is 406 g/mol. The number of H-pyrrole nitrogens is 2. The largest absolute Gasteiger partial charge is 0.446 e. The van der Waals surface area contributed by atoms with Gasteiger partial charge in [-0.1, -0.05) is 0 Å². The SMILES string of the molecule is O=S(=O)(O)Oc1cc2cc3ccc(cc4nc(cc5nc(cc1[nH]2)C=C5)C=C4)[nH]3. The standard InChI is InChI=1S/C20H14N4O4S/c25-29(26,27)28-20-11-18-9-16-4-3-14(22-16)7-12-1-2-13(21-12)8-15-5-6-17(23-15)10-19(20)24-18/h1-11,22,24H,(H,25,26,27). The van der Waals surface area contributed by atoms with E-state index >= 15 is 0 Å². The summed E-state index contributed by atoms with van der Waals surface area (Å²) in [4.78, 5) is 15.4. The Morgan fingerprint density at radius 3 is 1.97 bits per heavy atom. The molecule has 0 amide bonds. The molecule has 5 rings (SSSR count). The summed E-state index contributed by atoms with van der Waals surface area (Å²) < 4.78 is 36.3. The van der Waals surface area contributed by atoms with Gasteiger partial charge in [-0.25, -0.2) is 9.97 Å². The van der Waals surface area contributed by atoms with Crippen LogP contribution in [0, 0.1) is 0 Å². The molecule has 3 aromatic heterocycles. The lowest BCUT2D eigenvalue weighted by molar-refractivity contribution is 0.388. The molecule has 2 aliphatic heterocycles. The Bertz CT molecular complexity index is 1460. The van der Waals surface area contributed by atoms with Crippen molar-refractivity contribution in [2.24, 2.45) is 0 Å². The molecule has 0 saturated heterocycles. The minimum atomic E-state index is -4.67. The highest BCUT2D eigenvalue weighted by Gasteiger charge is 2.12. The Morgan fingerprint density at radius 2 is 1.31 bits per heavy atom. The molecular formula is C20H14N4O4S. The Hall–Kier alpha value is -3.69. The third-order valence-corrected chi connectivity index (χ3v) is 4.72. The van der Waals surface area contributed by atoms with Gasteiger partial charge in [0.15, 0.2) is 5.75 Å². The lowest BCUT2D eigenvalue weighted by Crippen LogP contribution is -2.06. The van der Waals surface area contributed by atoms with Crippen LogP contribution in [0.2, 0.25) is 0 Å². The van der Waals surface area contributed by atoms with Crippen molar-refractivity contribution in [1.29, 1.82) is 0 Å². The number of nitrogens with one attached hydrogen (secondary N) is 2. The molecule has 2 aliphatic rings. The molecule has 8 bridgehead atoms. The van der Waals surface area contributed by atoms with Crippen LogP contribution in [0.3, 0.4) is 0 Å². The number of aromatic nitrogens is 4. The van der Waals surface area contributed by atoms with Crippen LogP contribution in [0.4, 0.5) is 0 Å². The highest BCUT2D eigenvalue weighted by Crippen LogP contribution is 2.25. The third-order valence-electron chi connectivity index (χ3n) is 4.33. The fourth-order valence-corrected chi connectivity index (χ4v) is 3.54. The molecule has 8 nitrogen and oxygen atoms in total. The van der Waals surface area contributed by atoms with Crippen LogP contribution >= 0.6 is 0 Å². The van der Waals surface area contributed by atoms with Crippen LogP contribution < -0.4 is 4.18 Å². The van der Waals surface area contributed by atoms with E-state index in [1.165, 1.54) is 6.07 Å². The van der Waals surface area contributed by atoms with Crippen molar-refractivity contribution in [2.45, 2.75) is 0 Å². The molecule has 0 fully saturated rings. The fourth-order valence-electron chi connectivity index (χ4n) is 3.17. The zero-order valence-electron chi connectivity index (χ0n) is 14.8. The Morgan fingerprint density at radius 1 is 0.724 bits per heavy atom. The highest BCUT2D eigenvalue weighted by molar-refractivity contribution is 7.81. The number of rotatable bonds is 2. The summed E-state index contributed by atoms with van der Waals surface area (Å²) in [6, 6.07) is 12.5. The van der Waals surface area contributed by atoms with E-state index in [4.69, 9.17) is 8.74 Å². The summed E-state index contributed by atoms with van der Waals surface area (Å²) in [5, 5.41) is 0. The molecule has 0 unspecified atom stereocenters. The normalized spacial score (nSPS) is 13.0. The van der Waals surface area contributed by atoms with Gasteiger partial charge >= 0.3 is 10.4 Å². The summed E-state index contributed by atoms with van der Waals surface area (Å²) in [7, 11) is -4.67. The number of aromatic amines is 2. The van der Waals surface area contributed by atoms with E-state index in [-0.39, 0.29) is 5.75 Å². The zero-order valence-corrected chi connectivity index (χ0v) is 15.6. The van der Waals surface area contributed by atoms with E-state index < -0.39 is 10.4 Å². The summed E-state index contributed by atoms with van der Waals surface area (Å²) in [5.41, 5.74) is 5.52. The smallest absolute Gasteiger partial charge is 0.359 e. The summed E-state index contributed by atoms with van der Waals surface area (Å²) >= 11 is 0. The van der Waals surface area contributed by atoms with Crippen LogP contribution in [0.5, 0.6) is 5.75 Å². The van der Waals surface area contributed by atoms with E-state index in [1.807, 2.05) is 42.5 Å². The minimum absolute atomic E-state index is 0.0307. The van der Waals surface area contributed by atoms with E-state index in [0.717, 1.165) is 22.4 Å². The summed E-state index contributed by atoms with van der Waals surface area (Å²) in [6.07, 6.45) is 7.46. The second kappa shape index (κ2) is 6.43. The van der Waals surface area contributed by atoms with Gasteiger partial charge in [-0.3, -0.25) is 4.55 Å². The van der Waals surface area contributed by atoms with Gasteiger partial charge in [-0.15, -0.1) is 0 Å². The van der Waals surface area contributed by atoms with Gasteiger partial charge in [0.05, 0.1) is 28.3 Å². The molecule has 3 aromatic rings. The molecule has 0 radical (unpaired) electrons. The van der Waals surface area contributed by atoms with E-state index in [9.17, 15) is 8.42 Å². The average Bonchev–Trinajstić information content (AvgIpc) is 3.39. The van der Waals surface area contributed by atoms with Crippen LogP contribution in [0.15, 0.2) is 42.5 Å². The number of fused-ring (bicyclic) bond motifs is 8. The predicted molar refractivity (Wildman–Crippen MR) is 111 cm³/mol. The zero-order chi connectivity index (χ0) is 20.0. The molecule has 0 aliphatic carbocycles. The Labute approximate surface area is 165 Å². The summed E-state index contributed by atoms with van der Waals surface area (Å²) in [6.45, 7) is 0. The molecule has 9 heteroatoms. The van der Waals surface area contributed by atoms with E-state index in [1.54, 1.807) is 18.2 Å². The highest BCUT2D eigenvalue weighted by atomic mass is 32.3. The van der Waals surface area contributed by atoms with Crippen molar-refractivity contribution < 1.29 is 17.2 Å². The summed E-state index contributed by atoms with van der Waals surface area (Å²) in [5.74, 6) is -0.0307. The molecule has 0 aromatic carbocycles. The molecule has 0 spiro atoms. The van der Waals surface area contributed by atoms with Gasteiger partial charge in [0.2, 0.25) is 0 Å². The Kier molecular flexibility index (Phi) is 3.86. The fraction of sp³-hybridized carbons (Fsp3) is 0. The lowest BCUT2D eigenvalue weighted by Gasteiger charge is -1.97. The molecule has 29 heavy (non-hydrogen) atoms. The third kappa shape index (κ3) is 3.82. The number of nitrogens with zero attached hydrogens (tertiary/aromatic N) is 2. The molecule has 3 N–H and O–H groups in total. The van der Waals surface area contributed by atoms with Crippen molar-refractivity contribution in [2.75, 3.05) is 0 Å². The van der Waals surface area contributed by atoms with E-state index in [0.29, 0.717) is 22.4 Å². The van der Waals surface area contributed by atoms with Gasteiger partial charge < -0.3 is 14.2 Å². The van der Waals surface area contributed by atoms with Crippen molar-refractivity contribution in [3.05, 3.63) is 65.2 Å². The second-order valence-corrected chi connectivity index (χ2v) is 7.57. The first-order valence-corrected chi connectivity index (χ1v) is 10.0. The van der Waals surface area contributed by atoms with Gasteiger partial charge in [0, 0.05) is 22.6 Å². The van der Waals surface area contributed by atoms with Crippen LogP contribution in [-0.2, 0) is 10.4 Å². The first-order chi connectivity index (χ1) is 13.9. The molecule has 0 saturated carbocycles. The van der Waals surface area contributed by atoms with Gasteiger partial charge in [-0.05, 0) is 60.7 Å². The van der Waals surface area contributed by atoms with Gasteiger partial charge in [0.1, 0.15) is 0 Å². The number of hydrogen-bond acceptors (Lipinski definition) is 5. The molecule has 5 heterocycles. The van der Waals surface area contributed by atoms with Crippen LogP contribution in [-0.4, -0.2) is 32.9 Å². The molecular weight excluding hydrogens is 392 g/mol. The van der Waals surface area contributed by atoms with Crippen molar-refractivity contribution in [1.82, 2.24) is 19.9 Å². The monoisotopic (exact) mass is 406 g/mol. The Balaban J connectivity index is 1.83. The van der Waals surface area contributed by atoms with Gasteiger partial charge in [-0.2, -0.15) is 8.42 Å². The van der Waals surface area contributed by atoms with Gasteiger partial charge in [0.25, 0.3) is 0 Å². The first-order valence-electron chi connectivity index (χ1n) is 8.65. The first kappa shape index (κ1) is 17.4. The van der Waals surface area contributed by atoms with Crippen molar-refractivity contribution in [3.63, 3.8) is 0 Å². The maximum Gasteiger partial charge on any atom is 0.446 e. The second-order valence-electron chi connectivity index (χ2n) is 6.55. The maximum atomic E-state index is 11.2.